The summed E-state index contributed by atoms with van der Waals surface area (Å²) in [4.78, 5) is 0. The Bertz CT molecular complexity index is 129. The third-order valence-corrected chi connectivity index (χ3v) is 2.19. The molecule has 0 aromatic heterocycles. The third-order valence-electron chi connectivity index (χ3n) is 2.19. The molecular weight excluding hydrogens is 146 g/mol. The summed E-state index contributed by atoms with van der Waals surface area (Å²) in [5.74, 6) is 0. The van der Waals surface area contributed by atoms with Crippen LogP contribution in [0.25, 0.3) is 0 Å². The maximum atomic E-state index is 9.34. The zero-order valence-electron chi connectivity index (χ0n) is 6.57. The average Bonchev–Trinajstić information content (AvgIpc) is 2.01. The van der Waals surface area contributed by atoms with Crippen LogP contribution in [-0.4, -0.2) is 46.2 Å². The van der Waals surface area contributed by atoms with Crippen LogP contribution in [0, 0.1) is 0 Å². The summed E-state index contributed by atoms with van der Waals surface area (Å²) >= 11 is 0. The molecule has 4 heteroatoms. The van der Waals surface area contributed by atoms with Crippen LogP contribution in [0.4, 0.5) is 0 Å². The maximum absolute atomic E-state index is 9.34. The lowest BCUT2D eigenvalue weighted by Crippen LogP contribution is -2.59. The van der Waals surface area contributed by atoms with Crippen molar-refractivity contribution < 1.29 is 15.3 Å². The molecule has 0 aromatic carbocycles. The summed E-state index contributed by atoms with van der Waals surface area (Å²) in [7, 11) is 0. The summed E-state index contributed by atoms with van der Waals surface area (Å²) < 4.78 is 0. The second kappa shape index (κ2) is 3.49. The van der Waals surface area contributed by atoms with E-state index >= 15 is 0 Å². The van der Waals surface area contributed by atoms with Crippen LogP contribution in [0.2, 0.25) is 0 Å². The van der Waals surface area contributed by atoms with Crippen LogP contribution in [0.1, 0.15) is 13.3 Å². The van der Waals surface area contributed by atoms with Gasteiger partial charge in [0.2, 0.25) is 0 Å². The van der Waals surface area contributed by atoms with Gasteiger partial charge in [-0.2, -0.15) is 0 Å². The van der Waals surface area contributed by atoms with Gasteiger partial charge in [-0.05, 0) is 6.42 Å². The number of aliphatic hydroxyl groups is 3. The topological polar surface area (TPSA) is 72.7 Å². The number of rotatable bonds is 1. The van der Waals surface area contributed by atoms with Gasteiger partial charge in [0.05, 0.1) is 12.2 Å². The molecule has 4 atom stereocenters. The molecule has 11 heavy (non-hydrogen) atoms. The second-order valence-electron chi connectivity index (χ2n) is 2.97. The molecule has 4 nitrogen and oxygen atoms in total. The molecule has 0 aromatic rings. The Labute approximate surface area is 65.9 Å². The molecule has 0 amide bonds. The van der Waals surface area contributed by atoms with E-state index < -0.39 is 18.3 Å². The zero-order valence-corrected chi connectivity index (χ0v) is 6.57. The minimum Gasteiger partial charge on any atom is -0.389 e. The first-order chi connectivity index (χ1) is 5.16. The van der Waals surface area contributed by atoms with Gasteiger partial charge in [0.25, 0.3) is 0 Å². The summed E-state index contributed by atoms with van der Waals surface area (Å²) in [5, 5.41) is 30.6. The van der Waals surface area contributed by atoms with Crippen LogP contribution in [0.5, 0.6) is 0 Å². The van der Waals surface area contributed by atoms with Crippen molar-refractivity contribution in [3.8, 4) is 0 Å². The molecule has 0 saturated carbocycles. The molecule has 1 aliphatic heterocycles. The Hall–Kier alpha value is -0.160. The highest BCUT2D eigenvalue weighted by Crippen LogP contribution is 2.12. The minimum absolute atomic E-state index is 0.0894. The second-order valence-corrected chi connectivity index (χ2v) is 2.97. The van der Waals surface area contributed by atoms with Crippen LogP contribution >= 0.6 is 0 Å². The fraction of sp³-hybridized carbons (Fsp3) is 1.00. The van der Waals surface area contributed by atoms with Crippen LogP contribution in [-0.2, 0) is 0 Å². The number of hydrogen-bond donors (Lipinski definition) is 4. The van der Waals surface area contributed by atoms with Crippen molar-refractivity contribution in [2.75, 3.05) is 6.54 Å². The van der Waals surface area contributed by atoms with Crippen molar-refractivity contribution in [2.45, 2.75) is 37.7 Å². The Balaban J connectivity index is 2.52. The highest BCUT2D eigenvalue weighted by molar-refractivity contribution is 4.91. The van der Waals surface area contributed by atoms with Crippen molar-refractivity contribution in [3.05, 3.63) is 0 Å². The molecule has 0 radical (unpaired) electrons. The van der Waals surface area contributed by atoms with Gasteiger partial charge in [0.1, 0.15) is 6.10 Å². The molecule has 1 rings (SSSR count). The number of nitrogens with one attached hydrogen (secondary N) is 1. The fourth-order valence-corrected chi connectivity index (χ4v) is 1.37. The van der Waals surface area contributed by atoms with E-state index in [1.165, 1.54) is 0 Å². The lowest BCUT2D eigenvalue weighted by molar-refractivity contribution is -0.0943. The van der Waals surface area contributed by atoms with Crippen molar-refractivity contribution in [1.29, 1.82) is 0 Å². The normalized spacial score (nSPS) is 45.8. The molecule has 1 heterocycles. The minimum atomic E-state index is -0.999. The number of β-amino-alcohol motifs (C(OH)–C–C–N with tert-alkyl or cyclic N) is 1. The van der Waals surface area contributed by atoms with E-state index in [2.05, 4.69) is 5.32 Å². The Kier molecular flexibility index (Phi) is 2.84. The van der Waals surface area contributed by atoms with Gasteiger partial charge in [-0.3, -0.25) is 0 Å². The molecule has 0 bridgehead atoms. The monoisotopic (exact) mass is 161 g/mol. The summed E-state index contributed by atoms with van der Waals surface area (Å²) in [6.45, 7) is 2.28. The lowest BCUT2D eigenvalue weighted by Gasteiger charge is -2.35. The predicted octanol–water partition coefficient (Wildman–Crippen LogP) is -1.55. The zero-order chi connectivity index (χ0) is 8.43. The van der Waals surface area contributed by atoms with E-state index in [9.17, 15) is 10.2 Å². The molecule has 1 aliphatic rings. The first kappa shape index (κ1) is 8.93. The number of piperidine rings is 1. The highest BCUT2D eigenvalue weighted by Gasteiger charge is 2.34. The Morgan fingerprint density at radius 1 is 1.27 bits per heavy atom. The van der Waals surface area contributed by atoms with E-state index in [1.807, 2.05) is 6.92 Å². The molecule has 4 N–H and O–H groups in total. The highest BCUT2D eigenvalue weighted by atomic mass is 16.4. The summed E-state index contributed by atoms with van der Waals surface area (Å²) in [5.41, 5.74) is 0. The Morgan fingerprint density at radius 3 is 2.45 bits per heavy atom. The SMILES string of the molecule is CCC1NCC(O)C(O)C1O. The smallest absolute Gasteiger partial charge is 0.108 e. The molecule has 0 aliphatic carbocycles. The average molecular weight is 161 g/mol. The van der Waals surface area contributed by atoms with Gasteiger partial charge in [0.15, 0.2) is 0 Å². The van der Waals surface area contributed by atoms with Crippen molar-refractivity contribution in [3.63, 3.8) is 0 Å². The predicted molar refractivity (Wildman–Crippen MR) is 40.1 cm³/mol. The van der Waals surface area contributed by atoms with Gasteiger partial charge in [-0.25, -0.2) is 0 Å². The van der Waals surface area contributed by atoms with E-state index in [-0.39, 0.29) is 6.04 Å². The molecule has 1 fully saturated rings. The molecule has 1 saturated heterocycles. The quantitative estimate of drug-likeness (QED) is 0.376. The molecule has 66 valence electrons. The molecule has 4 unspecified atom stereocenters. The molecule has 0 spiro atoms. The summed E-state index contributed by atoms with van der Waals surface area (Å²) in [6, 6.07) is -0.0894. The van der Waals surface area contributed by atoms with Gasteiger partial charge < -0.3 is 20.6 Å². The number of aliphatic hydroxyl groups excluding tert-OH is 3. The van der Waals surface area contributed by atoms with Gasteiger partial charge in [-0.15, -0.1) is 0 Å². The third kappa shape index (κ3) is 1.70. The first-order valence-corrected chi connectivity index (χ1v) is 3.94. The molecular formula is C7H15NO3. The van der Waals surface area contributed by atoms with E-state index in [1.54, 1.807) is 0 Å². The van der Waals surface area contributed by atoms with Crippen molar-refractivity contribution in [2.24, 2.45) is 0 Å². The van der Waals surface area contributed by atoms with E-state index in [0.29, 0.717) is 6.54 Å². The van der Waals surface area contributed by atoms with E-state index in [4.69, 9.17) is 5.11 Å². The van der Waals surface area contributed by atoms with Crippen LogP contribution < -0.4 is 5.32 Å². The van der Waals surface area contributed by atoms with Gasteiger partial charge in [0, 0.05) is 12.6 Å². The van der Waals surface area contributed by atoms with Crippen molar-refractivity contribution >= 4 is 0 Å². The van der Waals surface area contributed by atoms with Crippen LogP contribution in [0.15, 0.2) is 0 Å². The summed E-state index contributed by atoms with van der Waals surface area (Å²) in [6.07, 6.45) is -1.93. The fourth-order valence-electron chi connectivity index (χ4n) is 1.37. The Morgan fingerprint density at radius 2 is 1.91 bits per heavy atom. The lowest BCUT2D eigenvalue weighted by atomic mass is 9.95. The number of hydrogen-bond acceptors (Lipinski definition) is 4. The van der Waals surface area contributed by atoms with Crippen molar-refractivity contribution in [1.82, 2.24) is 5.32 Å². The van der Waals surface area contributed by atoms with Gasteiger partial charge in [-0.1, -0.05) is 6.92 Å². The van der Waals surface area contributed by atoms with E-state index in [0.717, 1.165) is 6.42 Å². The van der Waals surface area contributed by atoms with Gasteiger partial charge >= 0.3 is 0 Å². The first-order valence-electron chi connectivity index (χ1n) is 3.94. The standard InChI is InChI=1S/C7H15NO3/c1-2-4-6(10)7(11)5(9)3-8-4/h4-11H,2-3H2,1H3. The maximum Gasteiger partial charge on any atom is 0.108 e. The largest absolute Gasteiger partial charge is 0.389 e. The van der Waals surface area contributed by atoms with Crippen LogP contribution in [0.3, 0.4) is 0 Å².